The first-order chi connectivity index (χ1) is 14.3. The average Bonchev–Trinajstić information content (AvgIpc) is 2.74. The van der Waals surface area contributed by atoms with E-state index in [1.54, 1.807) is 0 Å². The fraction of sp³-hybridized carbons (Fsp3) is 0.696. The summed E-state index contributed by atoms with van der Waals surface area (Å²) in [6.45, 7) is 10.6. The number of aliphatic imine (C=N–C) groups is 1. The number of nitrogens with one attached hydrogen (secondary N) is 2. The van der Waals surface area contributed by atoms with Gasteiger partial charge in [-0.05, 0) is 38.2 Å². The molecule has 0 amide bonds. The van der Waals surface area contributed by atoms with E-state index < -0.39 is 9.84 Å². The van der Waals surface area contributed by atoms with Crippen LogP contribution in [0.1, 0.15) is 52.0 Å². The second-order valence-corrected chi connectivity index (χ2v) is 10.7. The lowest BCUT2D eigenvalue weighted by Crippen LogP contribution is -2.49. The van der Waals surface area contributed by atoms with E-state index in [0.29, 0.717) is 12.6 Å². The maximum absolute atomic E-state index is 11.4. The van der Waals surface area contributed by atoms with Crippen LogP contribution in [-0.2, 0) is 15.3 Å². The van der Waals surface area contributed by atoms with E-state index in [2.05, 4.69) is 66.6 Å². The summed E-state index contributed by atoms with van der Waals surface area (Å²) < 4.78 is 22.8. The monoisotopic (exact) mass is 564 g/mol. The van der Waals surface area contributed by atoms with E-state index in [-0.39, 0.29) is 35.1 Å². The molecule has 0 aromatic heterocycles. The molecule has 1 fully saturated rings. The summed E-state index contributed by atoms with van der Waals surface area (Å²) in [5, 5.41) is 7.02. The summed E-state index contributed by atoms with van der Waals surface area (Å²) >= 11 is 0. The van der Waals surface area contributed by atoms with Gasteiger partial charge in [0.2, 0.25) is 0 Å². The second-order valence-electron chi connectivity index (χ2n) is 8.44. The maximum Gasteiger partial charge on any atom is 0.191 e. The van der Waals surface area contributed by atoms with E-state index in [1.165, 1.54) is 11.8 Å². The highest BCUT2D eigenvalue weighted by atomic mass is 127. The Labute approximate surface area is 206 Å². The maximum atomic E-state index is 11.4. The summed E-state index contributed by atoms with van der Waals surface area (Å²) in [6, 6.07) is 11.1. The van der Waals surface area contributed by atoms with Crippen molar-refractivity contribution in [2.75, 3.05) is 44.7 Å². The highest BCUT2D eigenvalue weighted by Gasteiger charge is 2.28. The Hall–Kier alpha value is -0.870. The van der Waals surface area contributed by atoms with E-state index in [9.17, 15) is 8.42 Å². The van der Waals surface area contributed by atoms with Crippen molar-refractivity contribution < 1.29 is 8.42 Å². The molecule has 2 rings (SSSR count). The molecule has 0 spiro atoms. The van der Waals surface area contributed by atoms with Gasteiger partial charge in [0.25, 0.3) is 0 Å². The molecule has 1 aromatic carbocycles. The number of likely N-dealkylation sites (tertiary alicyclic amines) is 1. The molecule has 0 radical (unpaired) electrons. The molecule has 31 heavy (non-hydrogen) atoms. The van der Waals surface area contributed by atoms with Crippen molar-refractivity contribution in [3.05, 3.63) is 35.9 Å². The number of piperidine rings is 1. The van der Waals surface area contributed by atoms with Crippen LogP contribution in [0.4, 0.5) is 0 Å². The van der Waals surface area contributed by atoms with Crippen molar-refractivity contribution >= 4 is 39.8 Å². The lowest BCUT2D eigenvalue weighted by Gasteiger charge is -2.34. The fourth-order valence-corrected chi connectivity index (χ4v) is 4.69. The van der Waals surface area contributed by atoms with Gasteiger partial charge in [0.1, 0.15) is 9.84 Å². The minimum absolute atomic E-state index is 0. The van der Waals surface area contributed by atoms with Crippen LogP contribution in [0, 0.1) is 0 Å². The number of rotatable bonds is 10. The Morgan fingerprint density at radius 3 is 2.26 bits per heavy atom. The third kappa shape index (κ3) is 9.26. The van der Waals surface area contributed by atoms with Gasteiger partial charge in [-0.1, -0.05) is 44.2 Å². The Kier molecular flexibility index (Phi) is 12.4. The van der Waals surface area contributed by atoms with Crippen molar-refractivity contribution in [1.82, 2.24) is 15.5 Å². The van der Waals surface area contributed by atoms with E-state index in [0.717, 1.165) is 57.8 Å². The third-order valence-electron chi connectivity index (χ3n) is 6.33. The van der Waals surface area contributed by atoms with E-state index in [1.807, 2.05) is 0 Å². The first-order valence-corrected chi connectivity index (χ1v) is 13.4. The van der Waals surface area contributed by atoms with Crippen LogP contribution >= 0.6 is 24.0 Å². The number of sulfone groups is 1. The first kappa shape index (κ1) is 28.2. The largest absolute Gasteiger partial charge is 0.357 e. The molecule has 0 unspecified atom stereocenters. The average molecular weight is 565 g/mol. The molecule has 2 N–H and O–H groups in total. The Morgan fingerprint density at radius 2 is 1.74 bits per heavy atom. The Balaban J connectivity index is 0.00000480. The number of hydrogen-bond acceptors (Lipinski definition) is 4. The summed E-state index contributed by atoms with van der Waals surface area (Å²) in [7, 11) is -2.90. The molecule has 0 aliphatic carbocycles. The predicted octanol–water partition coefficient (Wildman–Crippen LogP) is 3.43. The van der Waals surface area contributed by atoms with Crippen LogP contribution in [0.3, 0.4) is 0 Å². The van der Waals surface area contributed by atoms with E-state index >= 15 is 0 Å². The van der Waals surface area contributed by atoms with Crippen molar-refractivity contribution in [2.24, 2.45) is 4.99 Å². The minimum atomic E-state index is -2.90. The first-order valence-electron chi connectivity index (χ1n) is 11.3. The van der Waals surface area contributed by atoms with Gasteiger partial charge < -0.3 is 15.5 Å². The van der Waals surface area contributed by atoms with Gasteiger partial charge in [-0.3, -0.25) is 4.99 Å². The van der Waals surface area contributed by atoms with Crippen molar-refractivity contribution in [1.29, 1.82) is 0 Å². The van der Waals surface area contributed by atoms with Gasteiger partial charge in [0.05, 0.1) is 12.3 Å². The van der Waals surface area contributed by atoms with Crippen molar-refractivity contribution in [2.45, 2.75) is 57.9 Å². The topological polar surface area (TPSA) is 73.8 Å². The molecule has 8 heteroatoms. The highest BCUT2D eigenvalue weighted by molar-refractivity contribution is 14.0. The summed E-state index contributed by atoms with van der Waals surface area (Å²) in [4.78, 5) is 7.24. The van der Waals surface area contributed by atoms with Gasteiger partial charge in [-0.2, -0.15) is 0 Å². The van der Waals surface area contributed by atoms with E-state index in [4.69, 9.17) is 4.99 Å². The normalized spacial score (nSPS) is 16.6. The predicted molar refractivity (Wildman–Crippen MR) is 142 cm³/mol. The zero-order valence-corrected chi connectivity index (χ0v) is 22.7. The number of guanidine groups is 1. The van der Waals surface area contributed by atoms with Crippen LogP contribution < -0.4 is 10.6 Å². The van der Waals surface area contributed by atoms with Crippen LogP contribution in [0.15, 0.2) is 35.3 Å². The Bertz CT molecular complexity index is 759. The molecule has 1 aromatic rings. The van der Waals surface area contributed by atoms with Crippen LogP contribution in [-0.4, -0.2) is 70.1 Å². The molecule has 0 bridgehead atoms. The summed E-state index contributed by atoms with van der Waals surface area (Å²) in [5.74, 6) is 1.12. The van der Waals surface area contributed by atoms with Crippen molar-refractivity contribution in [3.63, 3.8) is 0 Å². The summed E-state index contributed by atoms with van der Waals surface area (Å²) in [6.07, 6.45) is 5.41. The van der Waals surface area contributed by atoms with Gasteiger partial charge in [0, 0.05) is 43.9 Å². The van der Waals surface area contributed by atoms with Gasteiger partial charge in [-0.25, -0.2) is 8.42 Å². The fourth-order valence-electron chi connectivity index (χ4n) is 4.10. The lowest BCUT2D eigenvalue weighted by atomic mass is 9.76. The molecule has 0 atom stereocenters. The smallest absolute Gasteiger partial charge is 0.191 e. The molecule has 1 aliphatic rings. The molecule has 6 nitrogen and oxygen atoms in total. The summed E-state index contributed by atoms with van der Waals surface area (Å²) in [5.41, 5.74) is 1.41. The van der Waals surface area contributed by atoms with Gasteiger partial charge in [-0.15, -0.1) is 24.0 Å². The number of nitrogens with zero attached hydrogens (tertiary/aromatic N) is 2. The molecule has 178 valence electrons. The standard InChI is InChI=1S/C23H40N4O2S.HI/c1-5-23(6-2,20-11-9-8-10-12-20)19-25-22(24-7-3)26-21-13-15-27(16-14-21)17-18-30(4,28)29;/h8-12,21H,5-7,13-19H2,1-4H3,(H2,24,25,26);1H. The molecule has 1 heterocycles. The van der Waals surface area contributed by atoms with Crippen molar-refractivity contribution in [3.8, 4) is 0 Å². The zero-order valence-electron chi connectivity index (χ0n) is 19.6. The van der Waals surface area contributed by atoms with Crippen LogP contribution in [0.5, 0.6) is 0 Å². The highest BCUT2D eigenvalue weighted by Crippen LogP contribution is 2.32. The Morgan fingerprint density at radius 1 is 1.13 bits per heavy atom. The SMILES string of the molecule is CCNC(=NCC(CC)(CC)c1ccccc1)NC1CCN(CCS(C)(=O)=O)CC1.I. The quantitative estimate of drug-likeness (QED) is 0.259. The zero-order chi connectivity index (χ0) is 22.0. The van der Waals surface area contributed by atoms with Gasteiger partial charge in [0.15, 0.2) is 5.96 Å². The minimum Gasteiger partial charge on any atom is -0.357 e. The third-order valence-corrected chi connectivity index (χ3v) is 7.25. The number of halogens is 1. The number of hydrogen-bond donors (Lipinski definition) is 2. The molecular weight excluding hydrogens is 523 g/mol. The number of benzene rings is 1. The molecule has 0 saturated carbocycles. The van der Waals surface area contributed by atoms with Crippen LogP contribution in [0.2, 0.25) is 0 Å². The second kappa shape index (κ2) is 13.6. The lowest BCUT2D eigenvalue weighted by molar-refractivity contribution is 0.216. The molecular formula is C23H41IN4O2S. The molecule has 1 saturated heterocycles. The molecule has 1 aliphatic heterocycles. The van der Waals surface area contributed by atoms with Crippen LogP contribution in [0.25, 0.3) is 0 Å². The van der Waals surface area contributed by atoms with Gasteiger partial charge >= 0.3 is 0 Å².